The van der Waals surface area contributed by atoms with E-state index >= 15 is 0 Å². The number of anilines is 1. The van der Waals surface area contributed by atoms with E-state index in [4.69, 9.17) is 0 Å². The summed E-state index contributed by atoms with van der Waals surface area (Å²) in [5, 5.41) is 0. The molecule has 2 heterocycles. The van der Waals surface area contributed by atoms with Gasteiger partial charge in [-0.2, -0.15) is 13.2 Å². The minimum absolute atomic E-state index is 0.282. The Labute approximate surface area is 134 Å². The smallest absolute Gasteiger partial charge is 0.306 e. The van der Waals surface area contributed by atoms with Gasteiger partial charge in [0, 0.05) is 23.4 Å². The van der Waals surface area contributed by atoms with E-state index in [1.54, 1.807) is 6.92 Å². The molecule has 0 fully saturated rings. The lowest BCUT2D eigenvalue weighted by atomic mass is 10.1. The maximum Gasteiger partial charge on any atom is 0.416 e. The van der Waals surface area contributed by atoms with Crippen molar-refractivity contribution in [3.63, 3.8) is 0 Å². The molecule has 0 aliphatic carbocycles. The molecular weight excluding hydrogens is 327 g/mol. The fraction of sp³-hybridized carbons (Fsp3) is 0.267. The first kappa shape index (κ1) is 15.8. The molecule has 23 heavy (non-hydrogen) atoms. The van der Waals surface area contributed by atoms with Crippen molar-refractivity contribution in [2.24, 2.45) is 0 Å². The maximum absolute atomic E-state index is 12.9. The molecule has 0 radical (unpaired) electrons. The van der Waals surface area contributed by atoms with Crippen molar-refractivity contribution < 1.29 is 18.0 Å². The zero-order valence-corrected chi connectivity index (χ0v) is 12.9. The maximum atomic E-state index is 12.9. The number of carbonyl (C=O) groups excluding carboxylic acids is 1. The summed E-state index contributed by atoms with van der Waals surface area (Å²) < 4.78 is 38.8. The Balaban J connectivity index is 2.04. The zero-order valence-electron chi connectivity index (χ0n) is 12.1. The lowest BCUT2D eigenvalue weighted by Gasteiger charge is -2.30. The Morgan fingerprint density at radius 3 is 2.83 bits per heavy atom. The Morgan fingerprint density at radius 2 is 2.13 bits per heavy atom. The predicted molar refractivity (Wildman–Crippen MR) is 80.6 cm³/mol. The van der Waals surface area contributed by atoms with Crippen LogP contribution in [0.4, 0.5) is 18.9 Å². The van der Waals surface area contributed by atoms with Gasteiger partial charge in [0.25, 0.3) is 5.91 Å². The Kier molecular flexibility index (Phi) is 4.01. The third-order valence-electron chi connectivity index (χ3n) is 3.54. The van der Waals surface area contributed by atoms with Crippen molar-refractivity contribution in [3.05, 3.63) is 47.5 Å². The minimum Gasteiger partial charge on any atom is -0.306 e. The van der Waals surface area contributed by atoms with Crippen LogP contribution >= 0.6 is 11.8 Å². The van der Waals surface area contributed by atoms with Gasteiger partial charge in [0.2, 0.25) is 0 Å². The average molecular weight is 339 g/mol. The number of hydrogen-bond donors (Lipinski definition) is 0. The molecule has 0 atom stereocenters. The van der Waals surface area contributed by atoms with E-state index in [9.17, 15) is 18.0 Å². The highest BCUT2D eigenvalue weighted by Crippen LogP contribution is 2.40. The molecule has 8 heteroatoms. The van der Waals surface area contributed by atoms with Crippen LogP contribution in [-0.2, 0) is 6.18 Å². The average Bonchev–Trinajstić information content (AvgIpc) is 2.53. The molecule has 1 aliphatic rings. The molecular formula is C15H12F3N3OS. The summed E-state index contributed by atoms with van der Waals surface area (Å²) >= 11 is 1.44. The number of nitrogens with zero attached hydrogens (tertiary/aromatic N) is 3. The van der Waals surface area contributed by atoms with E-state index < -0.39 is 11.7 Å². The highest BCUT2D eigenvalue weighted by Gasteiger charge is 2.33. The Bertz CT molecular complexity index is 764. The fourth-order valence-corrected chi connectivity index (χ4v) is 3.33. The number of aryl methyl sites for hydroxylation is 1. The molecule has 0 saturated heterocycles. The van der Waals surface area contributed by atoms with E-state index in [1.165, 1.54) is 35.3 Å². The van der Waals surface area contributed by atoms with E-state index in [0.717, 1.165) is 12.1 Å². The van der Waals surface area contributed by atoms with Crippen molar-refractivity contribution in [3.8, 4) is 0 Å². The van der Waals surface area contributed by atoms with Crippen molar-refractivity contribution >= 4 is 23.4 Å². The van der Waals surface area contributed by atoms with E-state index in [2.05, 4.69) is 9.97 Å². The van der Waals surface area contributed by atoms with Crippen molar-refractivity contribution in [2.75, 3.05) is 17.2 Å². The van der Waals surface area contributed by atoms with E-state index in [1.807, 2.05) is 0 Å². The summed E-state index contributed by atoms with van der Waals surface area (Å²) in [4.78, 5) is 22.5. The van der Waals surface area contributed by atoms with Gasteiger partial charge in [0.05, 0.1) is 22.5 Å². The number of hydrogen-bond acceptors (Lipinski definition) is 4. The standard InChI is InChI=1S/C15H12F3N3OS/c1-9-11(7-19-8-20-9)14(22)21-4-5-23-13-3-2-10(6-12(13)21)15(16,17)18/h2-3,6-8H,4-5H2,1H3. The molecule has 1 aromatic carbocycles. The number of halogens is 3. The van der Waals surface area contributed by atoms with Crippen LogP contribution in [0.5, 0.6) is 0 Å². The monoisotopic (exact) mass is 339 g/mol. The summed E-state index contributed by atoms with van der Waals surface area (Å²) in [6, 6.07) is 3.48. The minimum atomic E-state index is -4.45. The molecule has 3 rings (SSSR count). The van der Waals surface area contributed by atoms with Crippen LogP contribution < -0.4 is 4.90 Å². The SMILES string of the molecule is Cc1ncncc1C(=O)N1CCSc2ccc(C(F)(F)F)cc21. The number of aromatic nitrogens is 2. The van der Waals surface area contributed by atoms with Gasteiger partial charge in [0.15, 0.2) is 0 Å². The van der Waals surface area contributed by atoms with Gasteiger partial charge >= 0.3 is 6.18 Å². The van der Waals surface area contributed by atoms with Gasteiger partial charge < -0.3 is 4.90 Å². The van der Waals surface area contributed by atoms with Crippen LogP contribution in [0.2, 0.25) is 0 Å². The number of alkyl halides is 3. The molecule has 0 N–H and O–H groups in total. The highest BCUT2D eigenvalue weighted by atomic mass is 32.2. The van der Waals surface area contributed by atoms with Crippen molar-refractivity contribution in [1.82, 2.24) is 9.97 Å². The van der Waals surface area contributed by atoms with Gasteiger partial charge in [-0.25, -0.2) is 9.97 Å². The van der Waals surface area contributed by atoms with Crippen LogP contribution in [0, 0.1) is 6.92 Å². The van der Waals surface area contributed by atoms with Gasteiger partial charge in [-0.1, -0.05) is 0 Å². The highest BCUT2D eigenvalue weighted by molar-refractivity contribution is 7.99. The molecule has 0 saturated carbocycles. The predicted octanol–water partition coefficient (Wildman–Crippen LogP) is 3.56. The molecule has 120 valence electrons. The van der Waals surface area contributed by atoms with Crippen LogP contribution in [0.1, 0.15) is 21.6 Å². The zero-order chi connectivity index (χ0) is 16.6. The molecule has 0 bridgehead atoms. The number of carbonyl (C=O) groups is 1. The number of thioether (sulfide) groups is 1. The summed E-state index contributed by atoms with van der Waals surface area (Å²) in [5.41, 5.74) is 0.307. The van der Waals surface area contributed by atoms with Crippen LogP contribution in [0.3, 0.4) is 0 Å². The fourth-order valence-electron chi connectivity index (χ4n) is 2.35. The van der Waals surface area contributed by atoms with Gasteiger partial charge in [-0.15, -0.1) is 11.8 Å². The molecule has 1 aliphatic heterocycles. The summed E-state index contributed by atoms with van der Waals surface area (Å²) in [6.45, 7) is 2.01. The summed E-state index contributed by atoms with van der Waals surface area (Å²) in [5.74, 6) is 0.237. The first-order chi connectivity index (χ1) is 10.9. The summed E-state index contributed by atoms with van der Waals surface area (Å²) in [7, 11) is 0. The van der Waals surface area contributed by atoms with E-state index in [-0.39, 0.29) is 11.6 Å². The largest absolute Gasteiger partial charge is 0.416 e. The number of fused-ring (bicyclic) bond motifs is 1. The number of benzene rings is 1. The van der Waals surface area contributed by atoms with Gasteiger partial charge in [-0.3, -0.25) is 4.79 Å². The van der Waals surface area contributed by atoms with Crippen molar-refractivity contribution in [2.45, 2.75) is 18.0 Å². The normalized spacial score (nSPS) is 14.5. The lowest BCUT2D eigenvalue weighted by Crippen LogP contribution is -2.36. The Morgan fingerprint density at radius 1 is 1.35 bits per heavy atom. The molecule has 1 aromatic heterocycles. The first-order valence-corrected chi connectivity index (χ1v) is 7.79. The van der Waals surface area contributed by atoms with Crippen molar-refractivity contribution in [1.29, 1.82) is 0 Å². The van der Waals surface area contributed by atoms with Gasteiger partial charge in [-0.05, 0) is 25.1 Å². The first-order valence-electron chi connectivity index (χ1n) is 6.80. The van der Waals surface area contributed by atoms with E-state index in [0.29, 0.717) is 28.5 Å². The molecule has 1 amide bonds. The topological polar surface area (TPSA) is 46.1 Å². The molecule has 0 spiro atoms. The summed E-state index contributed by atoms with van der Waals surface area (Å²) in [6.07, 6.45) is -1.73. The third kappa shape index (κ3) is 3.03. The number of amides is 1. The second-order valence-electron chi connectivity index (χ2n) is 5.01. The Hall–Kier alpha value is -2.09. The molecule has 4 nitrogen and oxygen atoms in total. The molecule has 2 aromatic rings. The quantitative estimate of drug-likeness (QED) is 0.797. The number of rotatable bonds is 1. The van der Waals surface area contributed by atoms with Crippen LogP contribution in [-0.4, -0.2) is 28.2 Å². The van der Waals surface area contributed by atoms with Gasteiger partial charge in [0.1, 0.15) is 6.33 Å². The lowest BCUT2D eigenvalue weighted by molar-refractivity contribution is -0.137. The third-order valence-corrected chi connectivity index (χ3v) is 4.58. The second kappa shape index (κ2) is 5.84. The second-order valence-corrected chi connectivity index (χ2v) is 6.14. The molecule has 0 unspecified atom stereocenters. The van der Waals surface area contributed by atoms with Crippen LogP contribution in [0.25, 0.3) is 0 Å². The van der Waals surface area contributed by atoms with Crippen LogP contribution in [0.15, 0.2) is 35.6 Å².